The minimum Gasteiger partial charge on any atom is -0.496 e. The first kappa shape index (κ1) is 32.1. The lowest BCUT2D eigenvalue weighted by Gasteiger charge is -2.37. The molecule has 45 heavy (non-hydrogen) atoms. The number of aliphatic imine (C=N–C) groups is 1. The number of methoxy groups -OCH3 is 3. The highest BCUT2D eigenvalue weighted by molar-refractivity contribution is 6.35. The van der Waals surface area contributed by atoms with Gasteiger partial charge >= 0.3 is 6.41 Å². The molecule has 8 nitrogen and oxygen atoms in total. The van der Waals surface area contributed by atoms with E-state index in [0.29, 0.717) is 53.3 Å². The van der Waals surface area contributed by atoms with Crippen LogP contribution in [0.4, 0.5) is 11.4 Å². The molecule has 0 aromatic heterocycles. The van der Waals surface area contributed by atoms with Crippen molar-refractivity contribution < 1.29 is 19.0 Å². The number of rotatable bonds is 13. The van der Waals surface area contributed by atoms with Crippen molar-refractivity contribution in [3.63, 3.8) is 0 Å². The first-order valence-corrected chi connectivity index (χ1v) is 15.6. The van der Waals surface area contributed by atoms with Gasteiger partial charge in [-0.05, 0) is 77.9 Å². The summed E-state index contributed by atoms with van der Waals surface area (Å²) in [6, 6.07) is 17.4. The van der Waals surface area contributed by atoms with Gasteiger partial charge in [-0.2, -0.15) is 0 Å². The zero-order valence-electron chi connectivity index (χ0n) is 26.6. The smallest absolute Gasteiger partial charge is 0.306 e. The summed E-state index contributed by atoms with van der Waals surface area (Å²) < 4.78 is 17.0. The maximum atomic E-state index is 13.4. The zero-order valence-corrected chi connectivity index (χ0v) is 27.3. The number of carbonyl (C=O) groups excluding carboxylic acids is 1. The molecule has 9 heteroatoms. The van der Waals surface area contributed by atoms with Crippen molar-refractivity contribution in [2.75, 3.05) is 40.2 Å². The number of benzene rings is 3. The van der Waals surface area contributed by atoms with Gasteiger partial charge in [0, 0.05) is 18.0 Å². The number of halogens is 1. The number of nitrogens with two attached hydrogens (primary N) is 1. The molecule has 2 heterocycles. The van der Waals surface area contributed by atoms with E-state index >= 15 is 0 Å². The van der Waals surface area contributed by atoms with Crippen molar-refractivity contribution in [1.82, 2.24) is 9.38 Å². The standard InChI is InChI=1S/C36H42ClN4O4/c1-24(2)16-18-41(23-42,31-13-15-33(44-4)36(45-5)35(31)37)22-29-30(40-17-7-6-11-34(40)39-29)21-27-19-26(12-14-32(27)43-3)25-9-8-10-28(38)20-25/h6-15,17,19-20,23-24,29-30H,16,18,21-22,38H2,1-5H3/q+1. The molecule has 236 valence electrons. The van der Waals surface area contributed by atoms with E-state index in [9.17, 15) is 4.79 Å². The van der Waals surface area contributed by atoms with Gasteiger partial charge in [0.2, 0.25) is 0 Å². The molecule has 3 atom stereocenters. The molecule has 0 fully saturated rings. The normalized spacial score (nSPS) is 18.4. The minimum absolute atomic E-state index is 0.00293. The molecule has 2 aliphatic rings. The molecule has 0 spiro atoms. The maximum absolute atomic E-state index is 13.4. The van der Waals surface area contributed by atoms with Gasteiger partial charge in [0.25, 0.3) is 0 Å². The van der Waals surface area contributed by atoms with Crippen LogP contribution in [-0.2, 0) is 11.2 Å². The quantitative estimate of drug-likeness (QED) is 0.126. The molecule has 0 bridgehead atoms. The number of hydrogen-bond acceptors (Lipinski definition) is 7. The van der Waals surface area contributed by atoms with Gasteiger partial charge < -0.3 is 24.8 Å². The van der Waals surface area contributed by atoms with E-state index in [1.807, 2.05) is 60.7 Å². The second-order valence-electron chi connectivity index (χ2n) is 11.9. The van der Waals surface area contributed by atoms with Crippen molar-refractivity contribution in [2.24, 2.45) is 10.9 Å². The molecular formula is C36H42ClN4O4+. The van der Waals surface area contributed by atoms with Gasteiger partial charge in [-0.3, -0.25) is 4.99 Å². The van der Waals surface area contributed by atoms with Crippen LogP contribution in [0.5, 0.6) is 17.2 Å². The van der Waals surface area contributed by atoms with Crippen LogP contribution in [0.1, 0.15) is 25.8 Å². The predicted molar refractivity (Wildman–Crippen MR) is 183 cm³/mol. The van der Waals surface area contributed by atoms with E-state index in [1.165, 1.54) is 0 Å². The highest BCUT2D eigenvalue weighted by Crippen LogP contribution is 2.44. The number of quaternary nitrogens is 1. The highest BCUT2D eigenvalue weighted by Gasteiger charge is 2.44. The number of ether oxygens (including phenoxy) is 3. The molecule has 0 saturated carbocycles. The molecule has 0 saturated heterocycles. The van der Waals surface area contributed by atoms with Crippen LogP contribution in [0.3, 0.4) is 0 Å². The van der Waals surface area contributed by atoms with Crippen molar-refractivity contribution in [1.29, 1.82) is 0 Å². The molecule has 3 unspecified atom stereocenters. The van der Waals surface area contributed by atoms with Crippen LogP contribution in [0.25, 0.3) is 11.1 Å². The van der Waals surface area contributed by atoms with Crippen LogP contribution < -0.4 is 24.4 Å². The monoisotopic (exact) mass is 629 g/mol. The lowest BCUT2D eigenvalue weighted by atomic mass is 9.94. The summed E-state index contributed by atoms with van der Waals surface area (Å²) in [4.78, 5) is 20.8. The maximum Gasteiger partial charge on any atom is 0.306 e. The second-order valence-corrected chi connectivity index (χ2v) is 12.3. The van der Waals surface area contributed by atoms with E-state index in [0.717, 1.165) is 41.1 Å². The zero-order chi connectivity index (χ0) is 32.1. The summed E-state index contributed by atoms with van der Waals surface area (Å²) in [6.07, 6.45) is 10.5. The van der Waals surface area contributed by atoms with Crippen molar-refractivity contribution >= 4 is 35.2 Å². The summed E-state index contributed by atoms with van der Waals surface area (Å²) >= 11 is 7.00. The van der Waals surface area contributed by atoms with Crippen molar-refractivity contribution in [3.05, 3.63) is 89.6 Å². The first-order chi connectivity index (χ1) is 21.7. The molecular weight excluding hydrogens is 588 g/mol. The summed E-state index contributed by atoms with van der Waals surface area (Å²) in [5, 5.41) is 0.365. The number of nitrogen functional groups attached to an aromatic ring is 1. The van der Waals surface area contributed by atoms with E-state index in [2.05, 4.69) is 37.1 Å². The van der Waals surface area contributed by atoms with Gasteiger partial charge in [-0.1, -0.05) is 49.7 Å². The van der Waals surface area contributed by atoms with Gasteiger partial charge in [0.15, 0.2) is 17.2 Å². The predicted octanol–water partition coefficient (Wildman–Crippen LogP) is 6.90. The topological polar surface area (TPSA) is 86.4 Å². The SMILES string of the molecule is COc1ccc(-c2cccc(N)c2)cc1CC1C(C[N+](C=O)(CCC(C)C)c2ccc(OC)c(OC)c2Cl)N=C2C=CC=CN21. The third-order valence-electron chi connectivity index (χ3n) is 8.66. The van der Waals surface area contributed by atoms with Gasteiger partial charge in [0.1, 0.15) is 29.2 Å². The van der Waals surface area contributed by atoms with E-state index in [1.54, 1.807) is 21.3 Å². The van der Waals surface area contributed by atoms with E-state index < -0.39 is 0 Å². The molecule has 3 aromatic carbocycles. The first-order valence-electron chi connectivity index (χ1n) is 15.2. The Morgan fingerprint density at radius 2 is 1.76 bits per heavy atom. The summed E-state index contributed by atoms with van der Waals surface area (Å²) in [5.41, 5.74) is 10.6. The van der Waals surface area contributed by atoms with Crippen LogP contribution in [0.15, 0.2) is 84.0 Å². The Balaban J connectivity index is 1.57. The fraction of sp³-hybridized carbons (Fsp3) is 0.333. The lowest BCUT2D eigenvalue weighted by Crippen LogP contribution is -2.56. The lowest BCUT2D eigenvalue weighted by molar-refractivity contribution is -0.118. The molecule has 2 aliphatic heterocycles. The summed E-state index contributed by atoms with van der Waals surface area (Å²) in [5.74, 6) is 2.96. The average molecular weight is 630 g/mol. The Bertz CT molecular complexity index is 1640. The number of carbonyl (C=O) groups is 1. The molecule has 0 aliphatic carbocycles. The largest absolute Gasteiger partial charge is 0.496 e. The number of anilines is 1. The number of fused-ring (bicyclic) bond motifs is 1. The molecule has 1 amide bonds. The van der Waals surface area contributed by atoms with Crippen LogP contribution >= 0.6 is 11.6 Å². The van der Waals surface area contributed by atoms with Crippen LogP contribution in [0.2, 0.25) is 5.02 Å². The molecule has 0 radical (unpaired) electrons. The summed E-state index contributed by atoms with van der Waals surface area (Å²) in [7, 11) is 4.81. The number of nitrogens with zero attached hydrogens (tertiary/aromatic N) is 3. The molecule has 2 N–H and O–H groups in total. The Morgan fingerprint density at radius 1 is 1.00 bits per heavy atom. The van der Waals surface area contributed by atoms with Gasteiger partial charge in [0.05, 0.1) is 33.9 Å². The number of amides is 1. The van der Waals surface area contributed by atoms with Crippen LogP contribution in [-0.4, -0.2) is 63.6 Å². The average Bonchev–Trinajstić information content (AvgIpc) is 3.39. The molecule has 3 aromatic rings. The van der Waals surface area contributed by atoms with Crippen molar-refractivity contribution in [3.8, 4) is 28.4 Å². The van der Waals surface area contributed by atoms with Gasteiger partial charge in [-0.25, -0.2) is 9.28 Å². The molecule has 5 rings (SSSR count). The number of hydrogen-bond donors (Lipinski definition) is 1. The minimum atomic E-state index is -0.241. The number of allylic oxidation sites excluding steroid dienone is 2. The fourth-order valence-electron chi connectivity index (χ4n) is 6.24. The third-order valence-corrected chi connectivity index (χ3v) is 9.03. The van der Waals surface area contributed by atoms with E-state index in [4.69, 9.17) is 36.5 Å². The van der Waals surface area contributed by atoms with Crippen molar-refractivity contribution in [2.45, 2.75) is 38.8 Å². The second kappa shape index (κ2) is 13.8. The third kappa shape index (κ3) is 6.58. The summed E-state index contributed by atoms with van der Waals surface area (Å²) in [6.45, 7) is 5.28. The Kier molecular flexibility index (Phi) is 9.85. The van der Waals surface area contributed by atoms with E-state index in [-0.39, 0.29) is 16.6 Å². The highest BCUT2D eigenvalue weighted by atomic mass is 35.5. The van der Waals surface area contributed by atoms with Crippen LogP contribution in [0, 0.1) is 5.92 Å². The number of amidine groups is 1. The fourth-order valence-corrected chi connectivity index (χ4v) is 6.65. The van der Waals surface area contributed by atoms with Gasteiger partial charge in [-0.15, -0.1) is 0 Å². The Labute approximate surface area is 270 Å². The Hall–Kier alpha value is -4.27. The Morgan fingerprint density at radius 3 is 2.44 bits per heavy atom.